The van der Waals surface area contributed by atoms with Crippen molar-refractivity contribution >= 4 is 17.3 Å². The average molecular weight is 266 g/mol. The summed E-state index contributed by atoms with van der Waals surface area (Å²) in [6.07, 6.45) is 3.61. The average Bonchev–Trinajstić information content (AvgIpc) is 2.96. The number of aliphatic carboxylic acids is 1. The third kappa shape index (κ3) is 2.41. The number of rotatable bonds is 4. The first-order chi connectivity index (χ1) is 8.49. The summed E-state index contributed by atoms with van der Waals surface area (Å²) in [5.41, 5.74) is 6.75. The molecular weight excluding hydrogens is 252 g/mol. The van der Waals surface area contributed by atoms with Gasteiger partial charge in [0.2, 0.25) is 0 Å². The zero-order chi connectivity index (χ0) is 13.3. The zero-order valence-corrected chi connectivity index (χ0v) is 10.9. The molecule has 0 amide bonds. The fraction of sp³-hybridized carbons (Fsp3) is 0.364. The quantitative estimate of drug-likeness (QED) is 0.877. The summed E-state index contributed by atoms with van der Waals surface area (Å²) >= 11 is 1.37. The van der Waals surface area contributed by atoms with Crippen LogP contribution in [0.5, 0.6) is 0 Å². The van der Waals surface area contributed by atoms with Crippen molar-refractivity contribution in [3.8, 4) is 10.6 Å². The number of carbonyl (C=O) groups is 1. The number of hydrogen-bond acceptors (Lipinski definition) is 5. The van der Waals surface area contributed by atoms with E-state index >= 15 is 0 Å². The normalized spacial score (nSPS) is 12.9. The summed E-state index contributed by atoms with van der Waals surface area (Å²) < 4.78 is 1.83. The number of nitrogens with zero attached hydrogens (tertiary/aromatic N) is 3. The molecule has 1 atom stereocenters. The Morgan fingerprint density at radius 2 is 2.28 bits per heavy atom. The van der Waals surface area contributed by atoms with Gasteiger partial charge in [-0.1, -0.05) is 0 Å². The van der Waals surface area contributed by atoms with Crippen molar-refractivity contribution in [1.82, 2.24) is 14.8 Å². The van der Waals surface area contributed by atoms with Gasteiger partial charge < -0.3 is 10.8 Å². The fourth-order valence-electron chi connectivity index (χ4n) is 1.42. The number of thiazole rings is 1. The molecule has 0 aliphatic rings. The Kier molecular flexibility index (Phi) is 3.44. The number of carboxylic acids is 1. The molecule has 0 spiro atoms. The van der Waals surface area contributed by atoms with Gasteiger partial charge in [-0.25, -0.2) is 4.98 Å². The summed E-state index contributed by atoms with van der Waals surface area (Å²) in [7, 11) is 0. The van der Waals surface area contributed by atoms with E-state index in [0.717, 1.165) is 10.6 Å². The van der Waals surface area contributed by atoms with Gasteiger partial charge in [0.05, 0.1) is 11.9 Å². The summed E-state index contributed by atoms with van der Waals surface area (Å²) in [5, 5.41) is 15.4. The summed E-state index contributed by atoms with van der Waals surface area (Å²) in [4.78, 5) is 15.0. The fourth-order valence-corrected chi connectivity index (χ4v) is 2.25. The molecule has 3 N–H and O–H groups in total. The lowest BCUT2D eigenvalue weighted by Gasteiger charge is -2.02. The molecule has 0 saturated heterocycles. The van der Waals surface area contributed by atoms with Gasteiger partial charge >= 0.3 is 5.97 Å². The third-order valence-electron chi connectivity index (χ3n) is 2.48. The molecule has 2 heterocycles. The number of hydrogen-bond donors (Lipinski definition) is 2. The van der Waals surface area contributed by atoms with E-state index in [9.17, 15) is 4.79 Å². The van der Waals surface area contributed by atoms with Crippen molar-refractivity contribution in [2.75, 3.05) is 0 Å². The van der Waals surface area contributed by atoms with Crippen LogP contribution in [0.15, 0.2) is 17.8 Å². The summed E-state index contributed by atoms with van der Waals surface area (Å²) in [5.74, 6) is -1.08. The highest BCUT2D eigenvalue weighted by Gasteiger charge is 2.18. The van der Waals surface area contributed by atoms with Crippen LogP contribution in [0.25, 0.3) is 10.6 Å². The Labute approximate surface area is 108 Å². The van der Waals surface area contributed by atoms with E-state index in [1.54, 1.807) is 11.6 Å². The molecule has 0 fully saturated rings. The monoisotopic (exact) mass is 266 g/mol. The number of aromatic nitrogens is 3. The van der Waals surface area contributed by atoms with Gasteiger partial charge in [-0.3, -0.25) is 9.48 Å². The molecule has 0 bridgehead atoms. The van der Waals surface area contributed by atoms with Gasteiger partial charge in [-0.2, -0.15) is 5.10 Å². The highest BCUT2D eigenvalue weighted by molar-refractivity contribution is 7.13. The minimum atomic E-state index is -1.08. The van der Waals surface area contributed by atoms with Crippen LogP contribution < -0.4 is 5.73 Å². The first-order valence-electron chi connectivity index (χ1n) is 5.47. The molecule has 0 aliphatic carbocycles. The van der Waals surface area contributed by atoms with Gasteiger partial charge in [0.25, 0.3) is 0 Å². The van der Waals surface area contributed by atoms with Gasteiger partial charge in [-0.15, -0.1) is 11.3 Å². The van der Waals surface area contributed by atoms with E-state index in [1.807, 2.05) is 24.7 Å². The molecule has 1 unspecified atom stereocenters. The lowest BCUT2D eigenvalue weighted by atomic mass is 10.2. The maximum atomic E-state index is 10.8. The van der Waals surface area contributed by atoms with E-state index in [-0.39, 0.29) is 6.04 Å². The van der Waals surface area contributed by atoms with Crippen molar-refractivity contribution in [2.45, 2.75) is 25.9 Å². The first kappa shape index (κ1) is 12.7. The van der Waals surface area contributed by atoms with Crippen LogP contribution in [0.4, 0.5) is 0 Å². The predicted molar refractivity (Wildman–Crippen MR) is 68.3 cm³/mol. The molecular formula is C11H14N4O2S. The molecule has 2 aromatic heterocycles. The number of carboxylic acid groups (broad SMARTS) is 1. The molecule has 2 aromatic rings. The second-order valence-electron chi connectivity index (χ2n) is 4.20. The molecule has 2 rings (SSSR count). The van der Waals surface area contributed by atoms with Crippen LogP contribution in [0, 0.1) is 0 Å². The van der Waals surface area contributed by atoms with Crippen LogP contribution in [0.3, 0.4) is 0 Å². The Hall–Kier alpha value is -1.73. The minimum absolute atomic E-state index is 0.277. The Balaban J connectivity index is 2.26. The van der Waals surface area contributed by atoms with E-state index in [0.29, 0.717) is 5.69 Å². The molecule has 6 nitrogen and oxygen atoms in total. The first-order valence-corrected chi connectivity index (χ1v) is 6.35. The number of nitrogens with two attached hydrogens (primary N) is 1. The van der Waals surface area contributed by atoms with E-state index in [2.05, 4.69) is 10.1 Å². The molecule has 0 radical (unpaired) electrons. The topological polar surface area (TPSA) is 94.0 Å². The highest BCUT2D eigenvalue weighted by atomic mass is 32.1. The van der Waals surface area contributed by atoms with E-state index in [4.69, 9.17) is 10.8 Å². The van der Waals surface area contributed by atoms with Gasteiger partial charge in [-0.05, 0) is 13.8 Å². The highest BCUT2D eigenvalue weighted by Crippen LogP contribution is 2.26. The van der Waals surface area contributed by atoms with Gasteiger partial charge in [0.1, 0.15) is 11.0 Å². The van der Waals surface area contributed by atoms with Gasteiger partial charge in [0.15, 0.2) is 0 Å². The maximum absolute atomic E-state index is 10.8. The Bertz CT molecular complexity index is 561. The standard InChI is InChI=1S/C11H14N4O2S/c1-6(2)15-4-7(3-13-15)10-14-8(5-18-10)9(12)11(16)17/h3-6,9H,12H2,1-2H3,(H,16,17). The molecule has 18 heavy (non-hydrogen) atoms. The van der Waals surface area contributed by atoms with E-state index in [1.165, 1.54) is 11.3 Å². The van der Waals surface area contributed by atoms with Crippen molar-refractivity contribution in [3.63, 3.8) is 0 Å². The third-order valence-corrected chi connectivity index (χ3v) is 3.39. The minimum Gasteiger partial charge on any atom is -0.480 e. The molecule has 0 aromatic carbocycles. The Morgan fingerprint density at radius 1 is 1.56 bits per heavy atom. The Morgan fingerprint density at radius 3 is 2.83 bits per heavy atom. The maximum Gasteiger partial charge on any atom is 0.326 e. The van der Waals surface area contributed by atoms with Crippen molar-refractivity contribution in [3.05, 3.63) is 23.5 Å². The smallest absolute Gasteiger partial charge is 0.326 e. The van der Waals surface area contributed by atoms with E-state index < -0.39 is 12.0 Å². The second-order valence-corrected chi connectivity index (χ2v) is 5.05. The lowest BCUT2D eigenvalue weighted by Crippen LogP contribution is -2.20. The molecule has 0 aliphatic heterocycles. The largest absolute Gasteiger partial charge is 0.480 e. The van der Waals surface area contributed by atoms with Crippen LogP contribution in [-0.4, -0.2) is 25.8 Å². The molecule has 7 heteroatoms. The van der Waals surface area contributed by atoms with Crippen LogP contribution >= 0.6 is 11.3 Å². The second kappa shape index (κ2) is 4.87. The predicted octanol–water partition coefficient (Wildman–Crippen LogP) is 1.67. The van der Waals surface area contributed by atoms with Crippen LogP contribution in [0.1, 0.15) is 31.6 Å². The molecule has 0 saturated carbocycles. The zero-order valence-electron chi connectivity index (χ0n) is 10.1. The van der Waals surface area contributed by atoms with Crippen LogP contribution in [0.2, 0.25) is 0 Å². The van der Waals surface area contributed by atoms with Crippen molar-refractivity contribution in [1.29, 1.82) is 0 Å². The SMILES string of the molecule is CC(C)n1cc(-c2nc(C(N)C(=O)O)cs2)cn1. The van der Waals surface area contributed by atoms with Crippen LogP contribution in [-0.2, 0) is 4.79 Å². The van der Waals surface area contributed by atoms with Crippen molar-refractivity contribution < 1.29 is 9.90 Å². The van der Waals surface area contributed by atoms with Crippen molar-refractivity contribution in [2.24, 2.45) is 5.73 Å². The molecule has 96 valence electrons. The van der Waals surface area contributed by atoms with Gasteiger partial charge in [0, 0.05) is 23.2 Å². The summed E-state index contributed by atoms with van der Waals surface area (Å²) in [6.45, 7) is 4.06. The summed E-state index contributed by atoms with van der Waals surface area (Å²) in [6, 6.07) is -0.797. The lowest BCUT2D eigenvalue weighted by molar-refractivity contribution is -0.138.